The zero-order valence-corrected chi connectivity index (χ0v) is 11.3. The number of methoxy groups -OCH3 is 1. The fraction of sp³-hybridized carbons (Fsp3) is 0.300. The highest BCUT2D eigenvalue weighted by molar-refractivity contribution is 7.89. The summed E-state index contributed by atoms with van der Waals surface area (Å²) in [5, 5.41) is 10.5. The Kier molecular flexibility index (Phi) is 5.13. The number of ether oxygens (including phenoxy) is 1. The lowest BCUT2D eigenvalue weighted by Crippen LogP contribution is -2.46. The van der Waals surface area contributed by atoms with Gasteiger partial charge in [0.05, 0.1) is 16.9 Å². The lowest BCUT2D eigenvalue weighted by atomic mass is 10.3. The lowest BCUT2D eigenvalue weighted by molar-refractivity contribution is -0.384. The van der Waals surface area contributed by atoms with Crippen molar-refractivity contribution >= 4 is 21.7 Å². The lowest BCUT2D eigenvalue weighted by Gasteiger charge is -2.14. The summed E-state index contributed by atoms with van der Waals surface area (Å²) in [4.78, 5) is 20.9. The van der Waals surface area contributed by atoms with Gasteiger partial charge >= 0.3 is 5.97 Å². The Bertz CT molecular complexity index is 598. The van der Waals surface area contributed by atoms with Crippen LogP contribution in [0.4, 0.5) is 5.69 Å². The predicted molar refractivity (Wildman–Crippen MR) is 68.3 cm³/mol. The summed E-state index contributed by atoms with van der Waals surface area (Å²) in [5.41, 5.74) is 5.04. The average Bonchev–Trinajstić information content (AvgIpc) is 2.44. The Hall–Kier alpha value is -2.04. The molecular formula is C10H13N3O6S. The number of nitrogens with one attached hydrogen (secondary N) is 1. The third-order valence-electron chi connectivity index (χ3n) is 2.38. The van der Waals surface area contributed by atoms with Crippen LogP contribution < -0.4 is 10.5 Å². The summed E-state index contributed by atoms with van der Waals surface area (Å²) in [7, 11) is -2.92. The number of sulfonamides is 1. The molecule has 9 nitrogen and oxygen atoms in total. The minimum absolute atomic E-state index is 0.217. The summed E-state index contributed by atoms with van der Waals surface area (Å²) >= 11 is 0. The third-order valence-corrected chi connectivity index (χ3v) is 3.86. The Morgan fingerprint density at radius 3 is 2.40 bits per heavy atom. The van der Waals surface area contributed by atoms with Gasteiger partial charge < -0.3 is 10.5 Å². The summed E-state index contributed by atoms with van der Waals surface area (Å²) in [5.74, 6) is -0.821. The standard InChI is InChI=1S/C10H13N3O6S/c1-19-10(14)9(6-11)12-20(17,18)8-4-2-7(3-5-8)13(15)16/h2-5,9,12H,6,11H2,1H3. The molecule has 10 heteroatoms. The van der Waals surface area contributed by atoms with E-state index in [9.17, 15) is 23.3 Å². The molecule has 1 aromatic rings. The number of carbonyl (C=O) groups is 1. The van der Waals surface area contributed by atoms with E-state index in [0.29, 0.717) is 0 Å². The highest BCUT2D eigenvalue weighted by Gasteiger charge is 2.25. The second-order valence-corrected chi connectivity index (χ2v) is 5.40. The molecule has 0 aliphatic rings. The Labute approximate surface area is 114 Å². The molecule has 0 amide bonds. The van der Waals surface area contributed by atoms with Crippen LogP contribution in [0.15, 0.2) is 29.2 Å². The van der Waals surface area contributed by atoms with Crippen molar-refractivity contribution in [1.82, 2.24) is 4.72 Å². The quantitative estimate of drug-likeness (QED) is 0.405. The second-order valence-electron chi connectivity index (χ2n) is 3.68. The third kappa shape index (κ3) is 3.73. The monoisotopic (exact) mass is 303 g/mol. The van der Waals surface area contributed by atoms with Crippen molar-refractivity contribution in [2.45, 2.75) is 10.9 Å². The smallest absolute Gasteiger partial charge is 0.325 e. The number of nitrogens with two attached hydrogens (primary N) is 1. The molecule has 0 heterocycles. The normalized spacial score (nSPS) is 12.7. The van der Waals surface area contributed by atoms with Gasteiger partial charge in [0, 0.05) is 18.7 Å². The molecular weight excluding hydrogens is 290 g/mol. The van der Waals surface area contributed by atoms with Crippen molar-refractivity contribution in [3.05, 3.63) is 34.4 Å². The van der Waals surface area contributed by atoms with Gasteiger partial charge in [-0.25, -0.2) is 8.42 Å². The molecule has 110 valence electrons. The molecule has 0 bridgehead atoms. The summed E-state index contributed by atoms with van der Waals surface area (Å²) in [6.07, 6.45) is 0. The van der Waals surface area contributed by atoms with Gasteiger partial charge in [0.15, 0.2) is 0 Å². The molecule has 0 spiro atoms. The van der Waals surface area contributed by atoms with Crippen molar-refractivity contribution in [2.75, 3.05) is 13.7 Å². The van der Waals surface area contributed by atoms with Crippen LogP contribution in [0, 0.1) is 10.1 Å². The van der Waals surface area contributed by atoms with Gasteiger partial charge in [-0.3, -0.25) is 14.9 Å². The second kappa shape index (κ2) is 6.41. The van der Waals surface area contributed by atoms with Crippen LogP contribution in [0.5, 0.6) is 0 Å². The number of rotatable bonds is 6. The Morgan fingerprint density at radius 2 is 2.00 bits per heavy atom. The van der Waals surface area contributed by atoms with E-state index in [1.54, 1.807) is 0 Å². The molecule has 0 aromatic heterocycles. The summed E-state index contributed by atoms with van der Waals surface area (Å²) in [6, 6.07) is 2.99. The first kappa shape index (κ1) is 16.0. The van der Waals surface area contributed by atoms with E-state index in [0.717, 1.165) is 31.4 Å². The van der Waals surface area contributed by atoms with Gasteiger partial charge in [0.25, 0.3) is 5.69 Å². The summed E-state index contributed by atoms with van der Waals surface area (Å²) in [6.45, 7) is -0.279. The van der Waals surface area contributed by atoms with Crippen LogP contribution in [0.1, 0.15) is 0 Å². The van der Waals surface area contributed by atoms with Gasteiger partial charge in [0.2, 0.25) is 10.0 Å². The molecule has 1 atom stereocenters. The predicted octanol–water partition coefficient (Wildman–Crippen LogP) is -0.627. The maximum absolute atomic E-state index is 12.0. The number of benzene rings is 1. The number of nitrogens with zero attached hydrogens (tertiary/aromatic N) is 1. The molecule has 0 saturated carbocycles. The van der Waals surface area contributed by atoms with Crippen LogP contribution >= 0.6 is 0 Å². The molecule has 1 unspecified atom stereocenters. The fourth-order valence-electron chi connectivity index (χ4n) is 1.34. The minimum atomic E-state index is -4.02. The molecule has 3 N–H and O–H groups in total. The molecule has 20 heavy (non-hydrogen) atoms. The number of hydrogen-bond acceptors (Lipinski definition) is 7. The SMILES string of the molecule is COC(=O)C(CN)NS(=O)(=O)c1ccc([N+](=O)[O-])cc1. The van der Waals surface area contributed by atoms with E-state index in [2.05, 4.69) is 9.46 Å². The number of carbonyl (C=O) groups excluding carboxylic acids is 1. The van der Waals surface area contributed by atoms with Crippen LogP contribution in [0.2, 0.25) is 0 Å². The van der Waals surface area contributed by atoms with Gasteiger partial charge in [-0.15, -0.1) is 0 Å². The Morgan fingerprint density at radius 1 is 1.45 bits per heavy atom. The van der Waals surface area contributed by atoms with Crippen molar-refractivity contribution in [3.63, 3.8) is 0 Å². The first-order valence-corrected chi connectivity index (χ1v) is 6.85. The maximum Gasteiger partial charge on any atom is 0.325 e. The fourth-order valence-corrected chi connectivity index (χ4v) is 2.53. The zero-order valence-electron chi connectivity index (χ0n) is 10.5. The van der Waals surface area contributed by atoms with Crippen molar-refractivity contribution in [3.8, 4) is 0 Å². The average molecular weight is 303 g/mol. The molecule has 0 fully saturated rings. The van der Waals surface area contributed by atoms with E-state index in [-0.39, 0.29) is 17.1 Å². The van der Waals surface area contributed by atoms with E-state index < -0.39 is 27.0 Å². The molecule has 0 aliphatic carbocycles. The minimum Gasteiger partial charge on any atom is -0.468 e. The zero-order chi connectivity index (χ0) is 15.3. The first-order valence-electron chi connectivity index (χ1n) is 5.36. The van der Waals surface area contributed by atoms with Crippen LogP contribution in [-0.4, -0.2) is 39.0 Å². The first-order chi connectivity index (χ1) is 9.31. The largest absolute Gasteiger partial charge is 0.468 e. The molecule has 1 rings (SSSR count). The van der Waals surface area contributed by atoms with E-state index in [1.807, 2.05) is 0 Å². The van der Waals surface area contributed by atoms with Crippen molar-refractivity contribution in [1.29, 1.82) is 0 Å². The van der Waals surface area contributed by atoms with Crippen molar-refractivity contribution in [2.24, 2.45) is 5.73 Å². The van der Waals surface area contributed by atoms with Crippen molar-refractivity contribution < 1.29 is 22.9 Å². The van der Waals surface area contributed by atoms with Crippen LogP contribution in [0.3, 0.4) is 0 Å². The molecule has 0 radical (unpaired) electrons. The van der Waals surface area contributed by atoms with Crippen LogP contribution in [-0.2, 0) is 19.6 Å². The van der Waals surface area contributed by atoms with Gasteiger partial charge in [-0.1, -0.05) is 0 Å². The number of nitro benzene ring substituents is 1. The van der Waals surface area contributed by atoms with Gasteiger partial charge in [0.1, 0.15) is 6.04 Å². The highest BCUT2D eigenvalue weighted by Crippen LogP contribution is 2.15. The number of nitro groups is 1. The Balaban J connectivity index is 2.98. The van der Waals surface area contributed by atoms with E-state index in [1.165, 1.54) is 0 Å². The highest BCUT2D eigenvalue weighted by atomic mass is 32.2. The molecule has 1 aromatic carbocycles. The maximum atomic E-state index is 12.0. The van der Waals surface area contributed by atoms with Gasteiger partial charge in [-0.2, -0.15) is 4.72 Å². The molecule has 0 saturated heterocycles. The number of non-ortho nitro benzene ring substituents is 1. The van der Waals surface area contributed by atoms with Gasteiger partial charge in [-0.05, 0) is 12.1 Å². The molecule has 0 aliphatic heterocycles. The summed E-state index contributed by atoms with van der Waals surface area (Å²) < 4.78 is 30.4. The number of esters is 1. The number of hydrogen-bond donors (Lipinski definition) is 2. The van der Waals surface area contributed by atoms with Crippen LogP contribution in [0.25, 0.3) is 0 Å². The van der Waals surface area contributed by atoms with E-state index >= 15 is 0 Å². The van der Waals surface area contributed by atoms with E-state index in [4.69, 9.17) is 5.73 Å². The topological polar surface area (TPSA) is 142 Å².